The van der Waals surface area contributed by atoms with Gasteiger partial charge in [0.1, 0.15) is 5.69 Å². The van der Waals surface area contributed by atoms with Gasteiger partial charge in [0, 0.05) is 19.6 Å². The molecule has 0 aliphatic carbocycles. The summed E-state index contributed by atoms with van der Waals surface area (Å²) in [4.78, 5) is 13.3. The van der Waals surface area contributed by atoms with Crippen LogP contribution >= 0.6 is 0 Å². The molecule has 2 aliphatic rings. The smallest absolute Gasteiger partial charge is 0.269 e. The minimum Gasteiger partial charge on any atom is -0.364 e. The predicted octanol–water partition coefficient (Wildman–Crippen LogP) is -1.04. The summed E-state index contributed by atoms with van der Waals surface area (Å²) in [5, 5.41) is 4.24. The molecular formula is C12H22N6O2S. The summed E-state index contributed by atoms with van der Waals surface area (Å²) in [6, 6.07) is 1.72. The normalized spacial score (nSPS) is 28.6. The first-order valence-electron chi connectivity index (χ1n) is 6.96. The molecule has 1 saturated heterocycles. The molecule has 9 heteroatoms. The lowest BCUT2D eigenvalue weighted by molar-refractivity contribution is 0.0994. The van der Waals surface area contributed by atoms with Gasteiger partial charge in [0.05, 0.1) is 17.8 Å². The van der Waals surface area contributed by atoms with Gasteiger partial charge < -0.3 is 5.73 Å². The number of fused-ring (bicyclic) bond motifs is 1. The first-order valence-corrected chi connectivity index (χ1v) is 8.11. The highest BCUT2D eigenvalue weighted by Gasteiger charge is 2.41. The van der Waals surface area contributed by atoms with Gasteiger partial charge in [0.2, 0.25) is 0 Å². The molecule has 0 bridgehead atoms. The molecule has 3 rings (SSSR count). The first kappa shape index (κ1) is 16.1. The van der Waals surface area contributed by atoms with Gasteiger partial charge in [-0.3, -0.25) is 14.4 Å². The van der Waals surface area contributed by atoms with Gasteiger partial charge in [-0.2, -0.15) is 5.10 Å². The van der Waals surface area contributed by atoms with E-state index >= 15 is 0 Å². The molecule has 0 radical (unpaired) electrons. The summed E-state index contributed by atoms with van der Waals surface area (Å²) >= 11 is -1.22. The molecular weight excluding hydrogens is 292 g/mol. The largest absolute Gasteiger partial charge is 0.364 e. The van der Waals surface area contributed by atoms with E-state index in [1.54, 1.807) is 10.7 Å². The number of hydrogen-bond donors (Lipinski definition) is 3. The Labute approximate surface area is 126 Å². The maximum atomic E-state index is 11.5. The van der Waals surface area contributed by atoms with E-state index in [2.05, 4.69) is 19.4 Å². The Morgan fingerprint density at radius 2 is 2.19 bits per heavy atom. The molecule has 4 N–H and O–H groups in total. The molecule has 1 amide bonds. The summed E-state index contributed by atoms with van der Waals surface area (Å²) in [5.41, 5.74) is 6.13. The summed E-state index contributed by atoms with van der Waals surface area (Å²) in [7, 11) is 1.98. The zero-order valence-corrected chi connectivity index (χ0v) is 13.4. The Kier molecular flexibility index (Phi) is 4.77. The van der Waals surface area contributed by atoms with Gasteiger partial charge in [-0.05, 0) is 13.1 Å². The average Bonchev–Trinajstić information content (AvgIpc) is 2.94. The highest BCUT2D eigenvalue weighted by Crippen LogP contribution is 2.21. The fourth-order valence-electron chi connectivity index (χ4n) is 2.67. The predicted molar refractivity (Wildman–Crippen MR) is 80.4 cm³/mol. The lowest BCUT2D eigenvalue weighted by atomic mass is 10.0. The molecule has 1 aromatic rings. The Bertz CT molecular complexity index is 560. The molecule has 1 aromatic heterocycles. The number of rotatable bonds is 1. The molecule has 118 valence electrons. The number of nitrogens with two attached hydrogens (primary N) is 1. The number of amides is 1. The fraction of sp³-hybridized carbons (Fsp3) is 0.667. The van der Waals surface area contributed by atoms with Crippen molar-refractivity contribution in [3.8, 4) is 0 Å². The Hall–Kier alpha value is -1.29. The van der Waals surface area contributed by atoms with Crippen LogP contribution in [0.4, 0.5) is 0 Å². The van der Waals surface area contributed by atoms with Crippen molar-refractivity contribution in [3.05, 3.63) is 17.5 Å². The molecule has 2 unspecified atom stereocenters. The van der Waals surface area contributed by atoms with Crippen molar-refractivity contribution in [2.24, 2.45) is 5.73 Å². The SMILES string of the molecule is CC.CN1Cc2cc(C(N)=O)nn2CC2(CNS(=O)N2)C1. The third-order valence-corrected chi connectivity index (χ3v) is 4.45. The monoisotopic (exact) mass is 314 g/mol. The highest BCUT2D eigenvalue weighted by atomic mass is 32.2. The van der Waals surface area contributed by atoms with E-state index in [0.29, 0.717) is 19.6 Å². The highest BCUT2D eigenvalue weighted by molar-refractivity contribution is 7.81. The minimum atomic E-state index is -1.22. The summed E-state index contributed by atoms with van der Waals surface area (Å²) in [5.74, 6) is -0.529. The second-order valence-corrected chi connectivity index (χ2v) is 6.22. The van der Waals surface area contributed by atoms with Crippen molar-refractivity contribution < 1.29 is 9.00 Å². The topological polar surface area (TPSA) is 105 Å². The van der Waals surface area contributed by atoms with E-state index < -0.39 is 17.1 Å². The van der Waals surface area contributed by atoms with Crippen molar-refractivity contribution in [3.63, 3.8) is 0 Å². The molecule has 3 heterocycles. The van der Waals surface area contributed by atoms with E-state index in [-0.39, 0.29) is 11.2 Å². The maximum Gasteiger partial charge on any atom is 0.269 e. The number of aromatic nitrogens is 2. The Morgan fingerprint density at radius 3 is 2.76 bits per heavy atom. The van der Waals surface area contributed by atoms with Crippen LogP contribution in [0.2, 0.25) is 0 Å². The van der Waals surface area contributed by atoms with Crippen LogP contribution in [-0.2, 0) is 24.3 Å². The number of nitrogens with zero attached hydrogens (tertiary/aromatic N) is 3. The average molecular weight is 314 g/mol. The molecule has 1 fully saturated rings. The number of primary amides is 1. The van der Waals surface area contributed by atoms with E-state index in [4.69, 9.17) is 5.73 Å². The van der Waals surface area contributed by atoms with Crippen molar-refractivity contribution in [1.82, 2.24) is 24.1 Å². The van der Waals surface area contributed by atoms with Crippen molar-refractivity contribution in [2.75, 3.05) is 20.1 Å². The molecule has 21 heavy (non-hydrogen) atoms. The first-order chi connectivity index (χ1) is 9.97. The van der Waals surface area contributed by atoms with Gasteiger partial charge in [-0.15, -0.1) is 0 Å². The van der Waals surface area contributed by atoms with Crippen LogP contribution in [0.15, 0.2) is 6.07 Å². The molecule has 2 atom stereocenters. The van der Waals surface area contributed by atoms with Crippen LogP contribution in [0.1, 0.15) is 30.0 Å². The van der Waals surface area contributed by atoms with E-state index in [0.717, 1.165) is 12.2 Å². The van der Waals surface area contributed by atoms with E-state index in [1.165, 1.54) is 0 Å². The van der Waals surface area contributed by atoms with Crippen LogP contribution in [0.5, 0.6) is 0 Å². The number of carbonyl (C=O) groups is 1. The molecule has 8 nitrogen and oxygen atoms in total. The number of nitrogens with one attached hydrogen (secondary N) is 2. The number of likely N-dealkylation sites (N-methyl/N-ethyl adjacent to an activating group) is 1. The Balaban J connectivity index is 0.000000774. The Morgan fingerprint density at radius 1 is 1.48 bits per heavy atom. The summed E-state index contributed by atoms with van der Waals surface area (Å²) in [6.45, 7) is 6.57. The number of carbonyl (C=O) groups excluding carboxylic acids is 1. The second kappa shape index (κ2) is 6.22. The van der Waals surface area contributed by atoms with Gasteiger partial charge >= 0.3 is 0 Å². The van der Waals surface area contributed by atoms with Crippen molar-refractivity contribution in [1.29, 1.82) is 0 Å². The maximum absolute atomic E-state index is 11.5. The van der Waals surface area contributed by atoms with Gasteiger partial charge in [-0.25, -0.2) is 13.7 Å². The minimum absolute atomic E-state index is 0.271. The summed E-state index contributed by atoms with van der Waals surface area (Å²) < 4.78 is 19.3. The molecule has 2 aliphatic heterocycles. The molecule has 1 spiro atoms. The van der Waals surface area contributed by atoms with Crippen LogP contribution in [0.3, 0.4) is 0 Å². The van der Waals surface area contributed by atoms with Gasteiger partial charge in [-0.1, -0.05) is 13.8 Å². The van der Waals surface area contributed by atoms with E-state index in [1.807, 2.05) is 20.9 Å². The molecule has 0 aromatic carbocycles. The lowest BCUT2D eigenvalue weighted by Crippen LogP contribution is -2.52. The number of hydrogen-bond acceptors (Lipinski definition) is 4. The van der Waals surface area contributed by atoms with Gasteiger partial charge in [0.15, 0.2) is 11.2 Å². The lowest BCUT2D eigenvalue weighted by Gasteiger charge is -2.28. The van der Waals surface area contributed by atoms with Crippen LogP contribution < -0.4 is 15.2 Å². The second-order valence-electron chi connectivity index (χ2n) is 5.19. The van der Waals surface area contributed by atoms with Crippen LogP contribution in [0, 0.1) is 0 Å². The van der Waals surface area contributed by atoms with Crippen LogP contribution in [-0.4, -0.2) is 50.5 Å². The zero-order valence-electron chi connectivity index (χ0n) is 12.5. The molecule has 0 saturated carbocycles. The van der Waals surface area contributed by atoms with Crippen LogP contribution in [0.25, 0.3) is 0 Å². The third-order valence-electron chi connectivity index (χ3n) is 3.42. The fourth-order valence-corrected chi connectivity index (χ4v) is 3.75. The quantitative estimate of drug-likeness (QED) is 0.616. The van der Waals surface area contributed by atoms with E-state index in [9.17, 15) is 9.00 Å². The van der Waals surface area contributed by atoms with Crippen molar-refractivity contribution in [2.45, 2.75) is 32.5 Å². The standard InChI is InChI=1S/C10H16N6O2S.C2H6/c1-15-3-7-2-8(9(11)17)13-16(7)6-10(5-15)4-12-19(18)14-10;1-2/h2,12,14H,3-6H2,1H3,(H2,11,17);1-2H3. The third kappa shape index (κ3) is 3.31. The van der Waals surface area contributed by atoms with Crippen molar-refractivity contribution >= 4 is 17.1 Å². The van der Waals surface area contributed by atoms with Gasteiger partial charge in [0.25, 0.3) is 5.91 Å². The zero-order chi connectivity index (χ0) is 15.6. The summed E-state index contributed by atoms with van der Waals surface area (Å²) in [6.07, 6.45) is 0.